The number of nitrogens with two attached hydrogens (primary N) is 1. The number of epoxide rings is 1. The molecule has 4 rings (SSSR count). The standard InChI is InChI=1S/C22H32N2O6/c1-14-16-7-6-15(5-4-8-21(2)18(29-21)17(16)28-19(14)25)22(3,30-20(23)26)13-24-9-11-27-12-10-24/h5,16-18H,1,4,6-13H2,2-3H3,(H2,23,26)/b15-5+/t16-,17-,18-,21+,22?/m0/s1. The molecule has 3 aliphatic heterocycles. The zero-order chi connectivity index (χ0) is 21.5. The van der Waals surface area contributed by atoms with E-state index in [2.05, 4.69) is 24.5 Å². The molecular formula is C22H32N2O6. The summed E-state index contributed by atoms with van der Waals surface area (Å²) in [5.74, 6) is -0.441. The number of hydrogen-bond acceptors (Lipinski definition) is 7. The van der Waals surface area contributed by atoms with Gasteiger partial charge in [-0.25, -0.2) is 9.59 Å². The highest BCUT2D eigenvalue weighted by molar-refractivity contribution is 5.91. The minimum absolute atomic E-state index is 0.0812. The summed E-state index contributed by atoms with van der Waals surface area (Å²) in [6, 6.07) is 0. The first-order valence-corrected chi connectivity index (χ1v) is 10.8. The van der Waals surface area contributed by atoms with Crippen LogP contribution in [0.5, 0.6) is 0 Å². The van der Waals surface area contributed by atoms with Crippen molar-refractivity contribution in [2.75, 3.05) is 32.8 Å². The van der Waals surface area contributed by atoms with E-state index in [1.165, 1.54) is 0 Å². The number of ether oxygens (including phenoxy) is 4. The Balaban J connectivity index is 1.59. The Morgan fingerprint density at radius 3 is 2.87 bits per heavy atom. The third kappa shape index (κ3) is 4.13. The van der Waals surface area contributed by atoms with E-state index < -0.39 is 11.7 Å². The Morgan fingerprint density at radius 2 is 2.17 bits per heavy atom. The molecule has 0 aromatic heterocycles. The molecule has 0 aromatic rings. The zero-order valence-corrected chi connectivity index (χ0v) is 17.9. The summed E-state index contributed by atoms with van der Waals surface area (Å²) in [6.45, 7) is 11.4. The van der Waals surface area contributed by atoms with Crippen molar-refractivity contribution < 1.29 is 28.5 Å². The molecule has 4 aliphatic rings. The molecule has 0 aromatic carbocycles. The van der Waals surface area contributed by atoms with Crippen molar-refractivity contribution >= 4 is 12.1 Å². The van der Waals surface area contributed by atoms with Crippen molar-refractivity contribution in [1.82, 2.24) is 4.90 Å². The van der Waals surface area contributed by atoms with Gasteiger partial charge in [0.25, 0.3) is 0 Å². The van der Waals surface area contributed by atoms with Gasteiger partial charge in [-0.05, 0) is 45.1 Å². The van der Waals surface area contributed by atoms with E-state index in [4.69, 9.17) is 24.7 Å². The number of fused-ring (bicyclic) bond motifs is 3. The van der Waals surface area contributed by atoms with Gasteiger partial charge in [0.05, 0.1) is 18.8 Å². The molecule has 8 heteroatoms. The zero-order valence-electron chi connectivity index (χ0n) is 17.9. The number of nitrogens with zero attached hydrogens (tertiary/aromatic N) is 1. The van der Waals surface area contributed by atoms with Crippen molar-refractivity contribution in [3.05, 3.63) is 23.8 Å². The van der Waals surface area contributed by atoms with Gasteiger partial charge in [0, 0.05) is 31.1 Å². The fraction of sp³-hybridized carbons (Fsp3) is 0.727. The molecule has 3 heterocycles. The lowest BCUT2D eigenvalue weighted by molar-refractivity contribution is -0.140. The highest BCUT2D eigenvalue weighted by atomic mass is 16.6. The molecule has 0 saturated carbocycles. The molecule has 1 unspecified atom stereocenters. The maximum atomic E-state index is 12.2. The van der Waals surface area contributed by atoms with Gasteiger partial charge < -0.3 is 24.7 Å². The summed E-state index contributed by atoms with van der Waals surface area (Å²) in [5, 5.41) is 0. The SMILES string of the molecule is C=C1C(=O)O[C@H]2[C@H]1CC/C(C(C)(CN1CCOCC1)OC(N)=O)=C\CC[C@@]1(C)O[C@@H]21. The highest BCUT2D eigenvalue weighted by Crippen LogP contribution is 2.50. The summed E-state index contributed by atoms with van der Waals surface area (Å²) >= 11 is 0. The molecule has 0 spiro atoms. The first-order valence-electron chi connectivity index (χ1n) is 10.8. The fourth-order valence-electron chi connectivity index (χ4n) is 5.15. The number of amides is 1. The second-order valence-corrected chi connectivity index (χ2v) is 9.20. The van der Waals surface area contributed by atoms with Crippen molar-refractivity contribution in [3.63, 3.8) is 0 Å². The molecule has 3 saturated heterocycles. The average Bonchev–Trinajstić information content (AvgIpc) is 3.27. The topological polar surface area (TPSA) is 104 Å². The van der Waals surface area contributed by atoms with Crippen LogP contribution in [0.15, 0.2) is 23.8 Å². The highest BCUT2D eigenvalue weighted by Gasteiger charge is 2.61. The van der Waals surface area contributed by atoms with Crippen LogP contribution in [-0.4, -0.2) is 73.2 Å². The van der Waals surface area contributed by atoms with Crippen LogP contribution in [0.25, 0.3) is 0 Å². The van der Waals surface area contributed by atoms with E-state index in [1.807, 2.05) is 6.92 Å². The number of hydrogen-bond donors (Lipinski definition) is 1. The third-order valence-electron chi connectivity index (χ3n) is 6.98. The summed E-state index contributed by atoms with van der Waals surface area (Å²) < 4.78 is 22.8. The lowest BCUT2D eigenvalue weighted by Crippen LogP contribution is -2.50. The molecule has 1 aliphatic carbocycles. The number of carbonyl (C=O) groups excluding carboxylic acids is 2. The quantitative estimate of drug-likeness (QED) is 0.321. The monoisotopic (exact) mass is 420 g/mol. The van der Waals surface area contributed by atoms with Gasteiger partial charge in [-0.15, -0.1) is 0 Å². The van der Waals surface area contributed by atoms with E-state index in [0.29, 0.717) is 38.2 Å². The van der Waals surface area contributed by atoms with Gasteiger partial charge in [0.2, 0.25) is 0 Å². The fourth-order valence-corrected chi connectivity index (χ4v) is 5.15. The van der Waals surface area contributed by atoms with E-state index in [0.717, 1.165) is 31.5 Å². The Bertz CT molecular complexity index is 761. The van der Waals surface area contributed by atoms with Crippen LogP contribution in [0.4, 0.5) is 4.79 Å². The molecule has 166 valence electrons. The maximum Gasteiger partial charge on any atom is 0.405 e. The molecule has 1 amide bonds. The molecule has 5 atom stereocenters. The summed E-state index contributed by atoms with van der Waals surface area (Å²) in [5.41, 5.74) is 5.82. The van der Waals surface area contributed by atoms with Crippen LogP contribution in [0.3, 0.4) is 0 Å². The van der Waals surface area contributed by atoms with Gasteiger partial charge >= 0.3 is 12.1 Å². The summed E-state index contributed by atoms with van der Waals surface area (Å²) in [6.07, 6.45) is 3.93. The number of rotatable bonds is 4. The van der Waals surface area contributed by atoms with Gasteiger partial charge in [0.15, 0.2) is 0 Å². The molecule has 2 N–H and O–H groups in total. The lowest BCUT2D eigenvalue weighted by atomic mass is 9.80. The van der Waals surface area contributed by atoms with Crippen LogP contribution >= 0.6 is 0 Å². The van der Waals surface area contributed by atoms with Crippen LogP contribution in [0.1, 0.15) is 39.5 Å². The molecule has 0 radical (unpaired) electrons. The molecule has 0 bridgehead atoms. The third-order valence-corrected chi connectivity index (χ3v) is 6.98. The van der Waals surface area contributed by atoms with Gasteiger partial charge in [-0.3, -0.25) is 4.90 Å². The minimum Gasteiger partial charge on any atom is -0.455 e. The molecule has 30 heavy (non-hydrogen) atoms. The van der Waals surface area contributed by atoms with Crippen molar-refractivity contribution in [2.45, 2.75) is 62.9 Å². The Hall–Kier alpha value is -1.90. The first-order chi connectivity index (χ1) is 14.2. The summed E-state index contributed by atoms with van der Waals surface area (Å²) in [7, 11) is 0. The Labute approximate surface area is 177 Å². The van der Waals surface area contributed by atoms with Gasteiger partial charge in [0.1, 0.15) is 17.8 Å². The number of carbonyl (C=O) groups is 2. The van der Waals surface area contributed by atoms with E-state index in [9.17, 15) is 9.59 Å². The Kier molecular flexibility index (Phi) is 5.67. The van der Waals surface area contributed by atoms with Crippen molar-refractivity contribution in [2.24, 2.45) is 11.7 Å². The van der Waals surface area contributed by atoms with E-state index >= 15 is 0 Å². The van der Waals surface area contributed by atoms with Crippen LogP contribution in [-0.2, 0) is 23.7 Å². The largest absolute Gasteiger partial charge is 0.455 e. The first kappa shape index (κ1) is 21.3. The predicted molar refractivity (Wildman–Crippen MR) is 109 cm³/mol. The van der Waals surface area contributed by atoms with E-state index in [1.54, 1.807) is 0 Å². The van der Waals surface area contributed by atoms with E-state index in [-0.39, 0.29) is 29.7 Å². The summed E-state index contributed by atoms with van der Waals surface area (Å²) in [4.78, 5) is 26.2. The van der Waals surface area contributed by atoms with Crippen LogP contribution in [0, 0.1) is 5.92 Å². The van der Waals surface area contributed by atoms with Crippen molar-refractivity contribution in [1.29, 1.82) is 0 Å². The lowest BCUT2D eigenvalue weighted by Gasteiger charge is -2.38. The second kappa shape index (κ2) is 7.98. The normalized spacial score (nSPS) is 38.3. The minimum atomic E-state index is -0.854. The molecule has 3 fully saturated rings. The van der Waals surface area contributed by atoms with Gasteiger partial charge in [-0.1, -0.05) is 12.7 Å². The Morgan fingerprint density at radius 1 is 1.43 bits per heavy atom. The predicted octanol–water partition coefficient (Wildman–Crippen LogP) is 1.93. The van der Waals surface area contributed by atoms with Crippen molar-refractivity contribution in [3.8, 4) is 0 Å². The molecule has 8 nitrogen and oxygen atoms in total. The number of morpholine rings is 1. The molecular weight excluding hydrogens is 388 g/mol. The second-order valence-electron chi connectivity index (χ2n) is 9.20. The van der Waals surface area contributed by atoms with Gasteiger partial charge in [-0.2, -0.15) is 0 Å². The number of primary amides is 1. The average molecular weight is 421 g/mol. The van der Waals surface area contributed by atoms with Crippen LogP contribution in [0.2, 0.25) is 0 Å². The van der Waals surface area contributed by atoms with Crippen LogP contribution < -0.4 is 5.73 Å². The number of esters is 1. The maximum absolute atomic E-state index is 12.2. The number of allylic oxidation sites excluding steroid dienone is 1. The smallest absolute Gasteiger partial charge is 0.405 e.